The van der Waals surface area contributed by atoms with Crippen LogP contribution in [0.4, 0.5) is 0 Å². The van der Waals surface area contributed by atoms with Crippen LogP contribution in [0.25, 0.3) is 11.5 Å². The maximum absolute atomic E-state index is 6.37. The summed E-state index contributed by atoms with van der Waals surface area (Å²) in [5.41, 5.74) is 2.58. The molecule has 0 N–H and O–H groups in total. The van der Waals surface area contributed by atoms with Crippen LogP contribution in [0.2, 0.25) is 5.02 Å². The Morgan fingerprint density at radius 2 is 1.76 bits per heavy atom. The van der Waals surface area contributed by atoms with E-state index in [4.69, 9.17) is 27.6 Å². The van der Waals surface area contributed by atoms with Crippen molar-refractivity contribution in [2.24, 2.45) is 0 Å². The molecular formula is C16H12Cl2N2O. The highest BCUT2D eigenvalue weighted by molar-refractivity contribution is 6.33. The van der Waals surface area contributed by atoms with Crippen LogP contribution in [0, 0.1) is 6.92 Å². The molecule has 0 aliphatic heterocycles. The van der Waals surface area contributed by atoms with Gasteiger partial charge >= 0.3 is 0 Å². The van der Waals surface area contributed by atoms with Gasteiger partial charge in [-0.25, -0.2) is 0 Å². The van der Waals surface area contributed by atoms with Gasteiger partial charge in [-0.2, -0.15) is 0 Å². The van der Waals surface area contributed by atoms with Gasteiger partial charge in [0, 0.05) is 0 Å². The number of nitrogens with zero attached hydrogens (tertiary/aromatic N) is 2. The highest BCUT2D eigenvalue weighted by Crippen LogP contribution is 2.33. The third-order valence-electron chi connectivity index (χ3n) is 3.17. The van der Waals surface area contributed by atoms with Crippen LogP contribution in [0.3, 0.4) is 0 Å². The van der Waals surface area contributed by atoms with Crippen molar-refractivity contribution in [3.05, 3.63) is 70.6 Å². The summed E-state index contributed by atoms with van der Waals surface area (Å²) in [5.74, 6) is 0.732. The zero-order valence-electron chi connectivity index (χ0n) is 11.3. The van der Waals surface area contributed by atoms with Gasteiger partial charge in [0.15, 0.2) is 0 Å². The zero-order chi connectivity index (χ0) is 14.8. The number of benzene rings is 2. The summed E-state index contributed by atoms with van der Waals surface area (Å²) in [4.78, 5) is 0. The number of aromatic nitrogens is 2. The molecule has 1 atom stereocenters. The Balaban J connectivity index is 1.95. The van der Waals surface area contributed by atoms with Crippen molar-refractivity contribution in [3.8, 4) is 11.5 Å². The molecule has 0 spiro atoms. The van der Waals surface area contributed by atoms with Crippen molar-refractivity contribution in [2.75, 3.05) is 0 Å². The summed E-state index contributed by atoms with van der Waals surface area (Å²) in [6.45, 7) is 1.93. The van der Waals surface area contributed by atoms with Crippen molar-refractivity contribution >= 4 is 23.2 Å². The second-order valence-electron chi connectivity index (χ2n) is 4.66. The number of aryl methyl sites for hydroxylation is 1. The van der Waals surface area contributed by atoms with Crippen LogP contribution >= 0.6 is 23.2 Å². The molecule has 1 aromatic heterocycles. The third-order valence-corrected chi connectivity index (χ3v) is 4.11. The number of rotatable bonds is 3. The maximum Gasteiger partial charge on any atom is 0.249 e. The van der Waals surface area contributed by atoms with Gasteiger partial charge in [0.1, 0.15) is 5.38 Å². The Morgan fingerprint density at radius 3 is 2.52 bits per heavy atom. The Morgan fingerprint density at radius 1 is 1.00 bits per heavy atom. The normalized spacial score (nSPS) is 12.3. The van der Waals surface area contributed by atoms with Gasteiger partial charge < -0.3 is 4.42 Å². The lowest BCUT2D eigenvalue weighted by Gasteiger charge is -2.04. The Kier molecular flexibility index (Phi) is 3.95. The molecule has 0 amide bonds. The lowest BCUT2D eigenvalue weighted by Crippen LogP contribution is -1.92. The van der Waals surface area contributed by atoms with Gasteiger partial charge in [0.25, 0.3) is 0 Å². The molecule has 0 saturated carbocycles. The van der Waals surface area contributed by atoms with Crippen molar-refractivity contribution in [2.45, 2.75) is 12.3 Å². The minimum atomic E-state index is -0.476. The molecule has 0 bridgehead atoms. The average molecular weight is 319 g/mol. The molecule has 3 aromatic rings. The van der Waals surface area contributed by atoms with E-state index in [0.717, 1.165) is 11.1 Å². The largest absolute Gasteiger partial charge is 0.419 e. The van der Waals surface area contributed by atoms with Crippen molar-refractivity contribution in [1.29, 1.82) is 0 Å². The van der Waals surface area contributed by atoms with Gasteiger partial charge in [-0.05, 0) is 24.1 Å². The molecule has 0 radical (unpaired) electrons. The second-order valence-corrected chi connectivity index (χ2v) is 5.47. The third kappa shape index (κ3) is 2.80. The molecule has 0 saturated heterocycles. The van der Waals surface area contributed by atoms with E-state index in [2.05, 4.69) is 10.2 Å². The summed E-state index contributed by atoms with van der Waals surface area (Å²) in [6, 6.07) is 15.3. The minimum absolute atomic E-state index is 0.357. The van der Waals surface area contributed by atoms with Gasteiger partial charge in [-0.1, -0.05) is 54.1 Å². The van der Waals surface area contributed by atoms with E-state index in [1.54, 1.807) is 0 Å². The van der Waals surface area contributed by atoms with Crippen LogP contribution in [0.5, 0.6) is 0 Å². The van der Waals surface area contributed by atoms with E-state index in [1.165, 1.54) is 0 Å². The smallest absolute Gasteiger partial charge is 0.249 e. The predicted molar refractivity (Wildman–Crippen MR) is 83.6 cm³/mol. The molecule has 1 heterocycles. The Hall–Kier alpha value is -1.84. The molecule has 1 unspecified atom stereocenters. The van der Waals surface area contributed by atoms with E-state index in [9.17, 15) is 0 Å². The SMILES string of the molecule is Cc1cccc(-c2nnc(C(Cl)c3ccccc3)o2)c1Cl. The molecule has 3 rings (SSSR count). The molecule has 0 aliphatic carbocycles. The molecule has 0 aliphatic rings. The molecule has 21 heavy (non-hydrogen) atoms. The van der Waals surface area contributed by atoms with E-state index >= 15 is 0 Å². The summed E-state index contributed by atoms with van der Waals surface area (Å²) >= 11 is 12.6. The number of halogens is 2. The lowest BCUT2D eigenvalue weighted by molar-refractivity contribution is 0.513. The summed E-state index contributed by atoms with van der Waals surface area (Å²) in [7, 11) is 0. The van der Waals surface area contributed by atoms with E-state index < -0.39 is 5.38 Å². The van der Waals surface area contributed by atoms with Crippen molar-refractivity contribution in [1.82, 2.24) is 10.2 Å². The molecule has 3 nitrogen and oxygen atoms in total. The predicted octanol–water partition coefficient (Wildman–Crippen LogP) is 5.03. The first kappa shape index (κ1) is 14.1. The molecule has 2 aromatic carbocycles. The van der Waals surface area contributed by atoms with Crippen molar-refractivity contribution in [3.63, 3.8) is 0 Å². The highest BCUT2D eigenvalue weighted by Gasteiger charge is 2.19. The average Bonchev–Trinajstić information content (AvgIpc) is 3.00. The highest BCUT2D eigenvalue weighted by atomic mass is 35.5. The molecule has 106 valence electrons. The van der Waals surface area contributed by atoms with E-state index in [1.807, 2.05) is 55.5 Å². The fourth-order valence-corrected chi connectivity index (χ4v) is 2.46. The van der Waals surface area contributed by atoms with Gasteiger partial charge in [-0.15, -0.1) is 21.8 Å². The van der Waals surface area contributed by atoms with Gasteiger partial charge in [0.05, 0.1) is 10.6 Å². The molecular weight excluding hydrogens is 307 g/mol. The van der Waals surface area contributed by atoms with Crippen LogP contribution in [-0.2, 0) is 0 Å². The molecule has 0 fully saturated rings. The second kappa shape index (κ2) is 5.88. The van der Waals surface area contributed by atoms with Crippen LogP contribution in [-0.4, -0.2) is 10.2 Å². The topological polar surface area (TPSA) is 38.9 Å². The van der Waals surface area contributed by atoms with Gasteiger partial charge in [-0.3, -0.25) is 0 Å². The van der Waals surface area contributed by atoms with E-state index in [0.29, 0.717) is 22.4 Å². The summed E-state index contributed by atoms with van der Waals surface area (Å²) in [5, 5.41) is 8.22. The van der Waals surface area contributed by atoms with Crippen LogP contribution < -0.4 is 0 Å². The van der Waals surface area contributed by atoms with Crippen LogP contribution in [0.15, 0.2) is 52.9 Å². The Labute approximate surface area is 132 Å². The first-order valence-corrected chi connectivity index (χ1v) is 7.26. The first-order valence-electron chi connectivity index (χ1n) is 6.44. The minimum Gasteiger partial charge on any atom is -0.419 e. The number of hydrogen-bond donors (Lipinski definition) is 0. The van der Waals surface area contributed by atoms with Crippen LogP contribution in [0.1, 0.15) is 22.4 Å². The van der Waals surface area contributed by atoms with Gasteiger partial charge in [0.2, 0.25) is 11.8 Å². The fraction of sp³-hybridized carbons (Fsp3) is 0.125. The Bertz CT molecular complexity index is 756. The standard InChI is InChI=1S/C16H12Cl2N2O/c1-10-6-5-9-12(13(10)17)15-19-20-16(21-15)14(18)11-7-3-2-4-8-11/h2-9,14H,1H3. The quantitative estimate of drug-likeness (QED) is 0.636. The zero-order valence-corrected chi connectivity index (χ0v) is 12.8. The summed E-state index contributed by atoms with van der Waals surface area (Å²) in [6.07, 6.45) is 0. The maximum atomic E-state index is 6.37. The summed E-state index contributed by atoms with van der Waals surface area (Å²) < 4.78 is 5.68. The monoisotopic (exact) mass is 318 g/mol. The van der Waals surface area contributed by atoms with Crippen molar-refractivity contribution < 1.29 is 4.42 Å². The molecule has 5 heteroatoms. The van der Waals surface area contributed by atoms with E-state index in [-0.39, 0.29) is 0 Å². The number of alkyl halides is 1. The fourth-order valence-electron chi connectivity index (χ4n) is 2.02. The lowest BCUT2D eigenvalue weighted by atomic mass is 10.1. The number of hydrogen-bond acceptors (Lipinski definition) is 3. The first-order chi connectivity index (χ1) is 10.2.